The van der Waals surface area contributed by atoms with E-state index < -0.39 is 0 Å². The van der Waals surface area contributed by atoms with Crippen molar-refractivity contribution >= 4 is 28.8 Å². The molecule has 0 amide bonds. The third-order valence-electron chi connectivity index (χ3n) is 7.65. The lowest BCUT2D eigenvalue weighted by Crippen LogP contribution is -2.50. The Morgan fingerprint density at radius 2 is 1.54 bits per heavy atom. The highest BCUT2D eigenvalue weighted by Crippen LogP contribution is 2.36. The molecule has 0 saturated heterocycles. The maximum Gasteiger partial charge on any atom is 0.320 e. The second kappa shape index (κ2) is 9.97. The summed E-state index contributed by atoms with van der Waals surface area (Å²) >= 11 is 0. The monoisotopic (exact) mass is 485 g/mol. The van der Waals surface area contributed by atoms with Crippen molar-refractivity contribution in [2.45, 2.75) is 46.0 Å². The SMILES string of the molecule is COc1ccc2cc([C@H](C)C3=CC=CB(c4ccccc4C)N3c3ccc(C(C)(C)C)cc3)ccc2c1. The number of rotatable bonds is 5. The van der Waals surface area contributed by atoms with Crippen LogP contribution in [0, 0.1) is 6.92 Å². The number of ether oxygens (including phenoxy) is 1. The quantitative estimate of drug-likeness (QED) is 0.266. The molecule has 0 N–H and O–H groups in total. The van der Waals surface area contributed by atoms with E-state index in [2.05, 4.69) is 136 Å². The van der Waals surface area contributed by atoms with Crippen LogP contribution >= 0.6 is 0 Å². The van der Waals surface area contributed by atoms with Gasteiger partial charge in [-0.2, -0.15) is 0 Å². The first-order valence-corrected chi connectivity index (χ1v) is 13.2. The Morgan fingerprint density at radius 1 is 0.838 bits per heavy atom. The lowest BCUT2D eigenvalue weighted by atomic mass is 9.51. The first-order valence-electron chi connectivity index (χ1n) is 13.2. The van der Waals surface area contributed by atoms with Crippen molar-refractivity contribution in [2.24, 2.45) is 0 Å². The van der Waals surface area contributed by atoms with E-state index in [-0.39, 0.29) is 18.2 Å². The molecular weight excluding hydrogens is 449 g/mol. The molecule has 1 heterocycles. The molecule has 2 nitrogen and oxygen atoms in total. The van der Waals surface area contributed by atoms with Gasteiger partial charge in [0.15, 0.2) is 0 Å². The number of anilines is 1. The number of allylic oxidation sites excluding steroid dienone is 3. The van der Waals surface area contributed by atoms with Crippen LogP contribution in [-0.2, 0) is 5.41 Å². The minimum Gasteiger partial charge on any atom is -0.497 e. The van der Waals surface area contributed by atoms with Gasteiger partial charge in [0.1, 0.15) is 5.75 Å². The van der Waals surface area contributed by atoms with Gasteiger partial charge in [0.2, 0.25) is 0 Å². The Bertz CT molecular complexity index is 1480. The van der Waals surface area contributed by atoms with E-state index in [1.165, 1.54) is 44.3 Å². The van der Waals surface area contributed by atoms with Crippen LogP contribution in [0.5, 0.6) is 5.75 Å². The van der Waals surface area contributed by atoms with E-state index in [1.54, 1.807) is 7.11 Å². The fraction of sp³-hybridized carbons (Fsp3) is 0.235. The second-order valence-corrected chi connectivity index (χ2v) is 11.1. The molecule has 0 aliphatic carbocycles. The Hall–Kier alpha value is -3.72. The van der Waals surface area contributed by atoms with Gasteiger partial charge >= 0.3 is 6.85 Å². The average molecular weight is 485 g/mol. The van der Waals surface area contributed by atoms with Crippen LogP contribution < -0.4 is 15.0 Å². The minimum atomic E-state index is 0.121. The van der Waals surface area contributed by atoms with Crippen molar-refractivity contribution < 1.29 is 4.74 Å². The Kier molecular flexibility index (Phi) is 6.73. The van der Waals surface area contributed by atoms with Gasteiger partial charge in [0.05, 0.1) is 7.11 Å². The van der Waals surface area contributed by atoms with Crippen molar-refractivity contribution in [3.63, 3.8) is 0 Å². The molecule has 0 unspecified atom stereocenters. The highest BCUT2D eigenvalue weighted by atomic mass is 16.5. The lowest BCUT2D eigenvalue weighted by molar-refractivity contribution is 0.415. The predicted molar refractivity (Wildman–Crippen MR) is 160 cm³/mol. The minimum absolute atomic E-state index is 0.121. The molecule has 0 bridgehead atoms. The van der Waals surface area contributed by atoms with Gasteiger partial charge < -0.3 is 9.55 Å². The third-order valence-corrected chi connectivity index (χ3v) is 7.65. The van der Waals surface area contributed by atoms with Gasteiger partial charge in [-0.1, -0.05) is 106 Å². The second-order valence-electron chi connectivity index (χ2n) is 11.1. The molecule has 5 rings (SSSR count). The number of methoxy groups -OCH3 is 1. The van der Waals surface area contributed by atoms with Crippen LogP contribution in [0.3, 0.4) is 0 Å². The Balaban J connectivity index is 1.59. The van der Waals surface area contributed by atoms with E-state index in [4.69, 9.17) is 4.74 Å². The molecule has 4 aromatic rings. The third kappa shape index (κ3) is 4.96. The van der Waals surface area contributed by atoms with Crippen LogP contribution in [0.2, 0.25) is 0 Å². The fourth-order valence-corrected chi connectivity index (χ4v) is 5.34. The highest BCUT2D eigenvalue weighted by molar-refractivity contribution is 6.82. The van der Waals surface area contributed by atoms with Gasteiger partial charge in [-0.15, -0.1) is 0 Å². The standard InChI is InChI=1S/C34H36BNO/c1-24-10-7-8-11-32(24)35-21-9-12-33(36(35)30-18-16-29(17-19-30)34(3,4)5)25(2)26-13-14-28-23-31(37-6)20-15-27(28)22-26/h7-23,25H,1-6H3/t25-/m0/s1. The summed E-state index contributed by atoms with van der Waals surface area (Å²) in [5, 5.41) is 2.42. The van der Waals surface area contributed by atoms with Crippen LogP contribution in [0.1, 0.15) is 50.3 Å². The zero-order chi connectivity index (χ0) is 26.2. The molecule has 4 aromatic carbocycles. The van der Waals surface area contributed by atoms with Gasteiger partial charge in [-0.05, 0) is 70.0 Å². The molecule has 186 valence electrons. The van der Waals surface area contributed by atoms with Crippen molar-refractivity contribution in [3.05, 3.63) is 125 Å². The van der Waals surface area contributed by atoms with E-state index in [9.17, 15) is 0 Å². The maximum absolute atomic E-state index is 5.43. The van der Waals surface area contributed by atoms with Gasteiger partial charge in [-0.25, -0.2) is 0 Å². The van der Waals surface area contributed by atoms with E-state index in [0.29, 0.717) is 0 Å². The molecule has 1 aliphatic heterocycles. The summed E-state index contributed by atoms with van der Waals surface area (Å²) in [5.74, 6) is 3.42. The molecule has 1 atom stereocenters. The van der Waals surface area contributed by atoms with Gasteiger partial charge in [0, 0.05) is 17.3 Å². The summed E-state index contributed by atoms with van der Waals surface area (Å²) in [5.41, 5.74) is 7.93. The summed E-state index contributed by atoms with van der Waals surface area (Å²) in [4.78, 5) is 2.53. The van der Waals surface area contributed by atoms with Crippen LogP contribution in [0.25, 0.3) is 10.8 Å². The van der Waals surface area contributed by atoms with Crippen molar-refractivity contribution in [3.8, 4) is 5.75 Å². The van der Waals surface area contributed by atoms with Crippen molar-refractivity contribution in [1.29, 1.82) is 0 Å². The number of fused-ring (bicyclic) bond motifs is 1. The van der Waals surface area contributed by atoms with E-state index in [1.807, 2.05) is 6.07 Å². The lowest BCUT2D eigenvalue weighted by Gasteiger charge is -2.38. The summed E-state index contributed by atoms with van der Waals surface area (Å²) in [6, 6.07) is 31.0. The predicted octanol–water partition coefficient (Wildman–Crippen LogP) is 7.96. The molecule has 0 aromatic heterocycles. The van der Waals surface area contributed by atoms with Gasteiger partial charge in [0.25, 0.3) is 0 Å². The molecule has 0 radical (unpaired) electrons. The zero-order valence-electron chi connectivity index (χ0n) is 22.8. The summed E-state index contributed by atoms with van der Waals surface area (Å²) in [7, 11) is 1.72. The molecule has 0 saturated carbocycles. The Labute approximate surface area is 222 Å². The van der Waals surface area contributed by atoms with Crippen LogP contribution in [0.15, 0.2) is 109 Å². The number of aryl methyl sites for hydroxylation is 1. The molecule has 37 heavy (non-hydrogen) atoms. The first-order chi connectivity index (χ1) is 17.8. The molecule has 0 spiro atoms. The number of nitrogens with zero attached hydrogens (tertiary/aromatic N) is 1. The maximum atomic E-state index is 5.43. The first kappa shape index (κ1) is 25.0. The van der Waals surface area contributed by atoms with Crippen molar-refractivity contribution in [2.75, 3.05) is 11.9 Å². The smallest absolute Gasteiger partial charge is 0.320 e. The van der Waals surface area contributed by atoms with Gasteiger partial charge in [-0.3, -0.25) is 0 Å². The largest absolute Gasteiger partial charge is 0.497 e. The fourth-order valence-electron chi connectivity index (χ4n) is 5.34. The normalized spacial score (nSPS) is 14.6. The number of hydrogen-bond donors (Lipinski definition) is 0. The van der Waals surface area contributed by atoms with Crippen LogP contribution in [0.4, 0.5) is 5.69 Å². The zero-order valence-corrected chi connectivity index (χ0v) is 22.8. The Morgan fingerprint density at radius 3 is 2.24 bits per heavy atom. The highest BCUT2D eigenvalue weighted by Gasteiger charge is 2.32. The van der Waals surface area contributed by atoms with E-state index >= 15 is 0 Å². The summed E-state index contributed by atoms with van der Waals surface area (Å²) in [6.07, 6.45) is 4.52. The van der Waals surface area contributed by atoms with Crippen LogP contribution in [-0.4, -0.2) is 14.0 Å². The number of hydrogen-bond acceptors (Lipinski definition) is 2. The van der Waals surface area contributed by atoms with E-state index in [0.717, 1.165) is 5.75 Å². The molecular formula is C34H36BNO. The van der Waals surface area contributed by atoms with Crippen molar-refractivity contribution in [1.82, 2.24) is 0 Å². The molecule has 0 fully saturated rings. The number of benzene rings is 4. The molecule has 1 aliphatic rings. The molecule has 3 heteroatoms. The topological polar surface area (TPSA) is 12.5 Å². The summed E-state index contributed by atoms with van der Waals surface area (Å²) < 4.78 is 5.43. The summed E-state index contributed by atoms with van der Waals surface area (Å²) in [6.45, 7) is 11.5. The average Bonchev–Trinajstić information content (AvgIpc) is 2.91.